The Morgan fingerprint density at radius 2 is 1.52 bits per heavy atom. The SMILES string of the molecule is CCCCC(CC)CNS(=O)(=O)c1cc(C)c(/N=c2\ccc3c(-c4ccccc4S(=O)(=O)N4CCC(O)CC4)c4ccc(Nc5c(C)cccc5C)cc4oc-3c2)c(C)c1. The van der Waals surface area contributed by atoms with Gasteiger partial charge in [0.2, 0.25) is 20.0 Å². The van der Waals surface area contributed by atoms with Crippen LogP contribution in [0.5, 0.6) is 0 Å². The van der Waals surface area contributed by atoms with Crippen LogP contribution in [0.3, 0.4) is 0 Å². The molecule has 3 N–H and O–H groups in total. The summed E-state index contributed by atoms with van der Waals surface area (Å²) < 4.78 is 66.6. The molecule has 1 saturated heterocycles. The summed E-state index contributed by atoms with van der Waals surface area (Å²) in [5.74, 6) is 0.790. The standard InChI is InChI=1S/C48H56N4O6S2/c1-7-9-15-35(8-2)30-49-59(54,55)39-26-33(5)48(34(6)27-39)51-37-19-21-41-44(29-37)58-43-28-36(50-47-31(3)13-12-14-32(47)4)18-20-40(43)46(41)42-16-10-11-17-45(42)60(56,57)52-24-22-38(53)23-25-52/h10-14,16-21,26-29,35,38,49-50,53H,7-9,15,22-25,30H2,1-6H3/b51-37+. The maximum atomic E-state index is 14.4. The number of piperidine rings is 1. The number of nitrogens with zero attached hydrogens (tertiary/aromatic N) is 2. The molecule has 2 aliphatic heterocycles. The topological polar surface area (TPSA) is 141 Å². The van der Waals surface area contributed by atoms with Crippen LogP contribution in [0.15, 0.2) is 110 Å². The third-order valence-electron chi connectivity index (χ3n) is 11.8. The fraction of sp³-hybridized carbons (Fsp3) is 0.354. The van der Waals surface area contributed by atoms with Crippen molar-refractivity contribution in [1.29, 1.82) is 0 Å². The molecule has 10 nitrogen and oxygen atoms in total. The number of fused-ring (bicyclic) bond motifs is 2. The smallest absolute Gasteiger partial charge is 0.243 e. The summed E-state index contributed by atoms with van der Waals surface area (Å²) in [6, 6.07) is 28.1. The fourth-order valence-corrected chi connectivity index (χ4v) is 11.2. The van der Waals surface area contributed by atoms with Gasteiger partial charge in [-0.05, 0) is 118 Å². The van der Waals surface area contributed by atoms with Crippen LogP contribution in [-0.2, 0) is 20.0 Å². The van der Waals surface area contributed by atoms with Gasteiger partial charge >= 0.3 is 0 Å². The van der Waals surface area contributed by atoms with Gasteiger partial charge in [0.05, 0.1) is 26.9 Å². The molecule has 0 amide bonds. The molecule has 2 heterocycles. The number of benzene rings is 5. The molecule has 0 saturated carbocycles. The van der Waals surface area contributed by atoms with E-state index in [-0.39, 0.29) is 28.8 Å². The van der Waals surface area contributed by atoms with Gasteiger partial charge in [-0.15, -0.1) is 0 Å². The zero-order valence-corrected chi connectivity index (χ0v) is 37.0. The highest BCUT2D eigenvalue weighted by Gasteiger charge is 2.32. The Morgan fingerprint density at radius 1 is 0.817 bits per heavy atom. The van der Waals surface area contributed by atoms with Gasteiger partial charge in [0, 0.05) is 65.2 Å². The Balaban J connectivity index is 1.35. The number of sulfonamides is 2. The Morgan fingerprint density at radius 3 is 2.20 bits per heavy atom. The molecule has 4 aromatic rings. The zero-order valence-electron chi connectivity index (χ0n) is 35.4. The first-order valence-electron chi connectivity index (χ1n) is 21.0. The van der Waals surface area contributed by atoms with Gasteiger partial charge in [-0.2, -0.15) is 4.31 Å². The second-order valence-electron chi connectivity index (χ2n) is 16.2. The van der Waals surface area contributed by atoms with Gasteiger partial charge in [-0.25, -0.2) is 26.6 Å². The van der Waals surface area contributed by atoms with Gasteiger partial charge in [0.25, 0.3) is 0 Å². The number of aryl methyl sites for hydroxylation is 4. The Bertz CT molecular complexity index is 2750. The van der Waals surface area contributed by atoms with Crippen molar-refractivity contribution >= 4 is 48.1 Å². The van der Waals surface area contributed by atoms with Crippen molar-refractivity contribution in [2.45, 2.75) is 96.0 Å². The van der Waals surface area contributed by atoms with E-state index in [1.165, 1.54) is 4.31 Å². The number of nitrogens with one attached hydrogen (secondary N) is 2. The van der Waals surface area contributed by atoms with Crippen molar-refractivity contribution in [3.63, 3.8) is 0 Å². The number of hydrogen-bond acceptors (Lipinski definition) is 8. The van der Waals surface area contributed by atoms with Crippen LogP contribution < -0.4 is 15.4 Å². The van der Waals surface area contributed by atoms with E-state index in [2.05, 4.69) is 49.9 Å². The summed E-state index contributed by atoms with van der Waals surface area (Å²) in [5, 5.41) is 15.1. The van der Waals surface area contributed by atoms with E-state index in [9.17, 15) is 21.9 Å². The molecule has 1 unspecified atom stereocenters. The van der Waals surface area contributed by atoms with E-state index >= 15 is 0 Å². The summed E-state index contributed by atoms with van der Waals surface area (Å²) >= 11 is 0. The molecule has 4 aromatic carbocycles. The van der Waals surface area contributed by atoms with Crippen molar-refractivity contribution in [3.8, 4) is 22.5 Å². The number of unbranched alkanes of at least 4 members (excludes halogenated alkanes) is 1. The molecular formula is C48H56N4O6S2. The number of hydrogen-bond donors (Lipinski definition) is 3. The highest BCUT2D eigenvalue weighted by molar-refractivity contribution is 7.89. The van der Waals surface area contributed by atoms with Gasteiger partial charge in [-0.1, -0.05) is 69.5 Å². The third kappa shape index (κ3) is 9.08. The van der Waals surface area contributed by atoms with Crippen molar-refractivity contribution < 1.29 is 26.4 Å². The Hall–Kier alpha value is -4.85. The average molecular weight is 849 g/mol. The summed E-state index contributed by atoms with van der Waals surface area (Å²) in [4.78, 5) is 5.42. The highest BCUT2D eigenvalue weighted by Crippen LogP contribution is 2.44. The van der Waals surface area contributed by atoms with E-state index in [1.807, 2.05) is 68.4 Å². The van der Waals surface area contributed by atoms with Crippen molar-refractivity contribution in [2.75, 3.05) is 25.0 Å². The second kappa shape index (κ2) is 18.0. The first-order valence-corrected chi connectivity index (χ1v) is 23.9. The molecule has 1 fully saturated rings. The average Bonchev–Trinajstić information content (AvgIpc) is 3.22. The minimum Gasteiger partial charge on any atom is -0.456 e. The number of rotatable bonds is 14. The van der Waals surface area contributed by atoms with Crippen molar-refractivity contribution in [2.24, 2.45) is 10.9 Å². The molecule has 0 spiro atoms. The highest BCUT2D eigenvalue weighted by atomic mass is 32.2. The van der Waals surface area contributed by atoms with Crippen molar-refractivity contribution in [1.82, 2.24) is 9.03 Å². The number of anilines is 2. The van der Waals surface area contributed by atoms with Crippen molar-refractivity contribution in [3.05, 3.63) is 119 Å². The fourth-order valence-electron chi connectivity index (χ4n) is 8.22. The maximum absolute atomic E-state index is 14.4. The van der Waals surface area contributed by atoms with Crippen LogP contribution in [0.1, 0.15) is 74.6 Å². The van der Waals surface area contributed by atoms with Gasteiger partial charge < -0.3 is 14.8 Å². The molecule has 3 aliphatic rings. The van der Waals surface area contributed by atoms with Crippen LogP contribution >= 0.6 is 0 Å². The third-order valence-corrected chi connectivity index (χ3v) is 15.1. The van der Waals surface area contributed by atoms with Gasteiger partial charge in [0.15, 0.2) is 0 Å². The molecular weight excluding hydrogens is 793 g/mol. The van der Waals surface area contributed by atoms with Gasteiger partial charge in [-0.3, -0.25) is 0 Å². The number of aliphatic hydroxyl groups is 1. The maximum Gasteiger partial charge on any atom is 0.243 e. The lowest BCUT2D eigenvalue weighted by Gasteiger charge is -2.29. The minimum atomic E-state index is -3.93. The Labute approximate surface area is 354 Å². The quantitative estimate of drug-likeness (QED) is 0.0927. The number of para-hydroxylation sites is 1. The molecule has 316 valence electrons. The first-order chi connectivity index (χ1) is 28.7. The molecule has 0 aromatic heterocycles. The van der Waals surface area contributed by atoms with E-state index < -0.39 is 26.2 Å². The molecule has 1 aliphatic carbocycles. The van der Waals surface area contributed by atoms with E-state index in [0.29, 0.717) is 58.5 Å². The lowest BCUT2D eigenvalue weighted by Crippen LogP contribution is -2.40. The molecule has 1 atom stereocenters. The summed E-state index contributed by atoms with van der Waals surface area (Å²) in [7, 11) is -7.66. The Kier molecular flexibility index (Phi) is 13.0. The van der Waals surface area contributed by atoms with E-state index in [4.69, 9.17) is 9.41 Å². The van der Waals surface area contributed by atoms with Gasteiger partial charge in [0.1, 0.15) is 11.3 Å². The van der Waals surface area contributed by atoms with Crippen LogP contribution in [0.25, 0.3) is 33.4 Å². The van der Waals surface area contributed by atoms with Crippen LogP contribution in [0.4, 0.5) is 17.1 Å². The van der Waals surface area contributed by atoms with Crippen LogP contribution in [-0.4, -0.2) is 52.0 Å². The molecule has 60 heavy (non-hydrogen) atoms. The predicted octanol–water partition coefficient (Wildman–Crippen LogP) is 10.1. The lowest BCUT2D eigenvalue weighted by atomic mass is 9.93. The van der Waals surface area contributed by atoms with Crippen LogP contribution in [0.2, 0.25) is 0 Å². The monoisotopic (exact) mass is 848 g/mol. The summed E-state index contributed by atoms with van der Waals surface area (Å²) in [6.07, 6.45) is 4.29. The summed E-state index contributed by atoms with van der Waals surface area (Å²) in [5.41, 5.74) is 8.61. The minimum absolute atomic E-state index is 0.184. The molecule has 12 heteroatoms. The van der Waals surface area contributed by atoms with E-state index in [1.54, 1.807) is 24.3 Å². The predicted molar refractivity (Wildman–Crippen MR) is 241 cm³/mol. The molecule has 7 rings (SSSR count). The lowest BCUT2D eigenvalue weighted by molar-refractivity contribution is 0.113. The second-order valence-corrected chi connectivity index (χ2v) is 19.9. The first kappa shape index (κ1) is 43.2. The largest absolute Gasteiger partial charge is 0.456 e. The normalized spacial score (nSPS) is 15.2. The number of aliphatic hydroxyl groups excluding tert-OH is 1. The summed E-state index contributed by atoms with van der Waals surface area (Å²) in [6.45, 7) is 13.0. The molecule has 0 radical (unpaired) electrons. The van der Waals surface area contributed by atoms with Crippen LogP contribution in [0, 0.1) is 33.6 Å². The zero-order chi connectivity index (χ0) is 42.8. The molecule has 0 bridgehead atoms. The van der Waals surface area contributed by atoms with E-state index in [0.717, 1.165) is 64.7 Å².